The van der Waals surface area contributed by atoms with Gasteiger partial charge in [0.2, 0.25) is 0 Å². The molecule has 1 aliphatic carbocycles. The van der Waals surface area contributed by atoms with E-state index in [1.807, 2.05) is 0 Å². The molecule has 0 aliphatic heterocycles. The summed E-state index contributed by atoms with van der Waals surface area (Å²) in [6.07, 6.45) is 4.24. The molecule has 0 saturated heterocycles. The van der Waals surface area contributed by atoms with Gasteiger partial charge in [-0.25, -0.2) is 0 Å². The van der Waals surface area contributed by atoms with Crippen LogP contribution in [0.2, 0.25) is 0 Å². The fraction of sp³-hybridized carbons (Fsp3) is 1.00. The molecular weight excluding hydrogens is 156 g/mol. The highest BCUT2D eigenvalue weighted by Gasteiger charge is 2.43. The quantitative estimate of drug-likeness (QED) is 0.603. The summed E-state index contributed by atoms with van der Waals surface area (Å²) in [4.78, 5) is 0. The van der Waals surface area contributed by atoms with Crippen LogP contribution in [0.5, 0.6) is 0 Å². The highest BCUT2D eigenvalue weighted by molar-refractivity contribution is 4.93. The molecule has 0 radical (unpaired) electrons. The Morgan fingerprint density at radius 2 is 1.62 bits per heavy atom. The Bertz CT molecular complexity index is 175. The molecule has 0 heterocycles. The lowest BCUT2D eigenvalue weighted by Crippen LogP contribution is -2.32. The first-order chi connectivity index (χ1) is 5.80. The second-order valence-electron chi connectivity index (χ2n) is 6.34. The smallest absolute Gasteiger partial charge is 0.0277 e. The van der Waals surface area contributed by atoms with Crippen LogP contribution in [-0.4, -0.2) is 0 Å². The van der Waals surface area contributed by atoms with Gasteiger partial charge in [-0.05, 0) is 35.5 Å². The summed E-state index contributed by atoms with van der Waals surface area (Å²) in [5, 5.41) is 0. The molecule has 1 aliphatic rings. The third-order valence-corrected chi connectivity index (χ3v) is 4.58. The third-order valence-electron chi connectivity index (χ3n) is 4.58. The maximum atomic E-state index is 2.47. The van der Waals surface area contributed by atoms with Gasteiger partial charge in [-0.2, -0.15) is 0 Å². The number of rotatable bonds is 3. The van der Waals surface area contributed by atoms with Crippen LogP contribution >= 0.6 is 0 Å². The van der Waals surface area contributed by atoms with E-state index in [4.69, 9.17) is 0 Å². The van der Waals surface area contributed by atoms with E-state index < -0.39 is 0 Å². The second-order valence-corrected chi connectivity index (χ2v) is 6.34. The molecule has 78 valence electrons. The minimum absolute atomic E-state index is 0.462. The summed E-state index contributed by atoms with van der Waals surface area (Å²) in [7, 11) is 0. The number of hydrogen-bond donors (Lipinski definition) is 0. The predicted octanol–water partition coefficient (Wildman–Crippen LogP) is 4.49. The summed E-state index contributed by atoms with van der Waals surface area (Å²) >= 11 is 0. The summed E-state index contributed by atoms with van der Waals surface area (Å²) in [5.41, 5.74) is 1.01. The molecule has 3 atom stereocenters. The monoisotopic (exact) mass is 182 g/mol. The summed E-state index contributed by atoms with van der Waals surface area (Å²) in [5.74, 6) is 2.04. The van der Waals surface area contributed by atoms with Gasteiger partial charge < -0.3 is 0 Å². The molecule has 0 N–H and O–H groups in total. The molecule has 3 unspecified atom stereocenters. The first-order valence-electron chi connectivity index (χ1n) is 5.80. The van der Waals surface area contributed by atoms with Gasteiger partial charge in [0.05, 0.1) is 0 Å². The minimum atomic E-state index is 0.462. The van der Waals surface area contributed by atoms with Crippen molar-refractivity contribution in [1.29, 1.82) is 0 Å². The van der Waals surface area contributed by atoms with Gasteiger partial charge in [0.25, 0.3) is 0 Å². The lowest BCUT2D eigenvalue weighted by Gasteiger charge is -2.42. The average molecular weight is 182 g/mol. The van der Waals surface area contributed by atoms with Gasteiger partial charge >= 0.3 is 0 Å². The van der Waals surface area contributed by atoms with Crippen LogP contribution in [0.4, 0.5) is 0 Å². The maximum absolute atomic E-state index is 2.47. The average Bonchev–Trinajstić information content (AvgIpc) is 2.64. The largest absolute Gasteiger partial charge is 0.0648 e. The van der Waals surface area contributed by atoms with Crippen molar-refractivity contribution in [2.75, 3.05) is 0 Å². The van der Waals surface area contributed by atoms with Gasteiger partial charge in [-0.1, -0.05) is 48.0 Å². The molecule has 1 fully saturated rings. The normalized spacial score (nSPS) is 32.8. The Morgan fingerprint density at radius 1 is 1.15 bits per heavy atom. The van der Waals surface area contributed by atoms with E-state index in [2.05, 4.69) is 41.5 Å². The molecule has 13 heavy (non-hydrogen) atoms. The molecule has 0 bridgehead atoms. The van der Waals surface area contributed by atoms with Crippen molar-refractivity contribution in [2.45, 2.75) is 60.8 Å². The molecule has 0 aromatic heterocycles. The second kappa shape index (κ2) is 3.29. The molecule has 0 heteroatoms. The minimum Gasteiger partial charge on any atom is -0.0648 e. The predicted molar refractivity (Wildman–Crippen MR) is 59.7 cm³/mol. The van der Waals surface area contributed by atoms with Crippen LogP contribution in [0.3, 0.4) is 0 Å². The van der Waals surface area contributed by atoms with Crippen LogP contribution in [0.1, 0.15) is 60.8 Å². The molecule has 0 amide bonds. The molecular formula is C13H26. The van der Waals surface area contributed by atoms with E-state index in [1.165, 1.54) is 19.3 Å². The van der Waals surface area contributed by atoms with Crippen LogP contribution in [0.15, 0.2) is 0 Å². The standard InChI is InChI=1S/C13H26/c1-7-13(6,12(3,4)5)9-11-8-10(11)2/h10-11H,7-9H2,1-6H3. The fourth-order valence-corrected chi connectivity index (χ4v) is 2.24. The van der Waals surface area contributed by atoms with E-state index >= 15 is 0 Å². The maximum Gasteiger partial charge on any atom is -0.0277 e. The first kappa shape index (κ1) is 11.1. The van der Waals surface area contributed by atoms with Crippen LogP contribution < -0.4 is 0 Å². The van der Waals surface area contributed by atoms with Gasteiger partial charge in [0.15, 0.2) is 0 Å². The fourth-order valence-electron chi connectivity index (χ4n) is 2.24. The Balaban J connectivity index is 2.59. The Morgan fingerprint density at radius 3 is 1.85 bits per heavy atom. The van der Waals surface area contributed by atoms with Gasteiger partial charge in [0, 0.05) is 0 Å². The van der Waals surface area contributed by atoms with Crippen LogP contribution in [0.25, 0.3) is 0 Å². The molecule has 0 aromatic rings. The van der Waals surface area contributed by atoms with Crippen molar-refractivity contribution in [2.24, 2.45) is 22.7 Å². The molecule has 1 rings (SSSR count). The SMILES string of the molecule is CCC(C)(CC1CC1C)C(C)(C)C. The molecule has 0 spiro atoms. The third kappa shape index (κ3) is 2.27. The van der Waals surface area contributed by atoms with Crippen molar-refractivity contribution in [3.05, 3.63) is 0 Å². The molecule has 0 nitrogen and oxygen atoms in total. The van der Waals surface area contributed by atoms with E-state index in [1.54, 1.807) is 0 Å². The van der Waals surface area contributed by atoms with Gasteiger partial charge in [-0.3, -0.25) is 0 Å². The lowest BCUT2D eigenvalue weighted by atomic mass is 9.63. The van der Waals surface area contributed by atoms with E-state index in [0.717, 1.165) is 11.8 Å². The molecule has 1 saturated carbocycles. The number of hydrogen-bond acceptors (Lipinski definition) is 0. The topological polar surface area (TPSA) is 0 Å². The zero-order chi connectivity index (χ0) is 10.3. The zero-order valence-corrected chi connectivity index (χ0v) is 10.3. The van der Waals surface area contributed by atoms with Crippen molar-refractivity contribution >= 4 is 0 Å². The zero-order valence-electron chi connectivity index (χ0n) is 10.3. The van der Waals surface area contributed by atoms with Gasteiger partial charge in [-0.15, -0.1) is 0 Å². The summed E-state index contributed by atoms with van der Waals surface area (Å²) in [6, 6.07) is 0. The van der Waals surface area contributed by atoms with E-state index in [9.17, 15) is 0 Å². The van der Waals surface area contributed by atoms with Crippen LogP contribution in [-0.2, 0) is 0 Å². The first-order valence-corrected chi connectivity index (χ1v) is 5.80. The van der Waals surface area contributed by atoms with Gasteiger partial charge in [0.1, 0.15) is 0 Å². The van der Waals surface area contributed by atoms with Crippen molar-refractivity contribution in [3.63, 3.8) is 0 Å². The lowest BCUT2D eigenvalue weighted by molar-refractivity contribution is 0.0821. The Kier molecular flexibility index (Phi) is 2.81. The van der Waals surface area contributed by atoms with E-state index in [0.29, 0.717) is 10.8 Å². The van der Waals surface area contributed by atoms with Crippen molar-refractivity contribution < 1.29 is 0 Å². The van der Waals surface area contributed by atoms with Crippen molar-refractivity contribution in [3.8, 4) is 0 Å². The van der Waals surface area contributed by atoms with Crippen molar-refractivity contribution in [1.82, 2.24) is 0 Å². The molecule has 0 aromatic carbocycles. The van der Waals surface area contributed by atoms with E-state index in [-0.39, 0.29) is 0 Å². The summed E-state index contributed by atoms with van der Waals surface area (Å²) < 4.78 is 0. The highest BCUT2D eigenvalue weighted by Crippen LogP contribution is 2.53. The Labute approximate surface area is 84.1 Å². The summed E-state index contributed by atoms with van der Waals surface area (Å²) in [6.45, 7) is 14.4. The Hall–Kier alpha value is 0. The van der Waals surface area contributed by atoms with Crippen LogP contribution in [0, 0.1) is 22.7 Å². The highest BCUT2D eigenvalue weighted by atomic mass is 14.5.